The zero-order valence-corrected chi connectivity index (χ0v) is 19.1. The number of primary amides is 1. The molecule has 0 bridgehead atoms. The molecule has 184 valence electrons. The minimum Gasteiger partial charge on any atom is -0.506 e. The maximum atomic E-state index is 13.5. The number of rotatable bonds is 11. The highest BCUT2D eigenvalue weighted by molar-refractivity contribution is 5.93. The lowest BCUT2D eigenvalue weighted by atomic mass is 10.00. The summed E-state index contributed by atoms with van der Waals surface area (Å²) in [6.45, 7) is 1.88. The van der Waals surface area contributed by atoms with Gasteiger partial charge >= 0.3 is 0 Å². The van der Waals surface area contributed by atoms with E-state index in [-0.39, 0.29) is 54.6 Å². The first-order valence-electron chi connectivity index (χ1n) is 11.0. The average Bonchev–Trinajstić information content (AvgIpc) is 3.26. The molecule has 0 fully saturated rings. The number of nitrogens with zero attached hydrogens (tertiary/aromatic N) is 3. The van der Waals surface area contributed by atoms with Gasteiger partial charge in [-0.05, 0) is 49.1 Å². The Morgan fingerprint density at radius 2 is 1.83 bits per heavy atom. The molecule has 3 rings (SSSR count). The van der Waals surface area contributed by atoms with Crippen molar-refractivity contribution in [3.63, 3.8) is 0 Å². The number of hydrogen-bond acceptors (Lipinski definition) is 7. The summed E-state index contributed by atoms with van der Waals surface area (Å²) in [5.41, 5.74) is 6.90. The van der Waals surface area contributed by atoms with Gasteiger partial charge in [-0.3, -0.25) is 9.59 Å². The van der Waals surface area contributed by atoms with E-state index >= 15 is 0 Å². The van der Waals surface area contributed by atoms with Crippen LogP contribution >= 0.6 is 0 Å². The summed E-state index contributed by atoms with van der Waals surface area (Å²) in [7, 11) is 0. The van der Waals surface area contributed by atoms with Crippen LogP contribution in [-0.4, -0.2) is 32.0 Å². The van der Waals surface area contributed by atoms with Crippen molar-refractivity contribution >= 4 is 11.8 Å². The number of allylic oxidation sites excluding steroid dienone is 1. The van der Waals surface area contributed by atoms with Crippen LogP contribution in [-0.2, 0) is 22.4 Å². The molecule has 0 saturated carbocycles. The van der Waals surface area contributed by atoms with Gasteiger partial charge in [0.05, 0.1) is 6.20 Å². The fourth-order valence-electron chi connectivity index (χ4n) is 3.42. The van der Waals surface area contributed by atoms with Crippen molar-refractivity contribution in [3.8, 4) is 17.3 Å². The highest BCUT2D eigenvalue weighted by Crippen LogP contribution is 2.19. The molecule has 1 aromatic carbocycles. The van der Waals surface area contributed by atoms with E-state index in [1.54, 1.807) is 0 Å². The largest absolute Gasteiger partial charge is 0.506 e. The van der Waals surface area contributed by atoms with E-state index in [1.807, 2.05) is 6.92 Å². The van der Waals surface area contributed by atoms with E-state index < -0.39 is 17.5 Å². The molecular weight excluding hydrogens is 460 g/mol. The zero-order chi connectivity index (χ0) is 25.4. The first-order valence-corrected chi connectivity index (χ1v) is 11.0. The molecule has 35 heavy (non-hydrogen) atoms. The normalized spacial score (nSPS) is 11.7. The number of pyridine rings is 1. The van der Waals surface area contributed by atoms with Gasteiger partial charge in [0.1, 0.15) is 23.1 Å². The average molecular weight is 485 g/mol. The number of aryl methyl sites for hydroxylation is 2. The predicted octanol–water partition coefficient (Wildman–Crippen LogP) is 3.34. The number of halogens is 2. The number of carbonyl (C=O) groups excluding carboxylic acids is 2. The van der Waals surface area contributed by atoms with Crippen LogP contribution in [0.4, 0.5) is 8.78 Å². The number of aromatic hydroxyl groups is 1. The van der Waals surface area contributed by atoms with Crippen LogP contribution in [0.1, 0.15) is 44.1 Å². The van der Waals surface area contributed by atoms with Crippen molar-refractivity contribution in [2.75, 3.05) is 0 Å². The molecule has 0 unspecified atom stereocenters. The van der Waals surface area contributed by atoms with Crippen molar-refractivity contribution < 1.29 is 28.0 Å². The molecule has 2 heterocycles. The van der Waals surface area contributed by atoms with Crippen LogP contribution in [0.25, 0.3) is 11.5 Å². The van der Waals surface area contributed by atoms with Crippen LogP contribution in [0.2, 0.25) is 0 Å². The Labute approximate surface area is 200 Å². The molecule has 0 aliphatic heterocycles. The van der Waals surface area contributed by atoms with Gasteiger partial charge in [0.25, 0.3) is 0 Å². The molecule has 0 atom stereocenters. The molecule has 11 heteroatoms. The monoisotopic (exact) mass is 485 g/mol. The van der Waals surface area contributed by atoms with E-state index in [0.717, 1.165) is 6.07 Å². The Bertz CT molecular complexity index is 1200. The Morgan fingerprint density at radius 3 is 2.46 bits per heavy atom. The summed E-state index contributed by atoms with van der Waals surface area (Å²) in [6, 6.07) is 6.11. The smallest absolute Gasteiger partial charge is 0.246 e. The van der Waals surface area contributed by atoms with Gasteiger partial charge in [-0.15, -0.1) is 0 Å². The molecule has 2 aromatic heterocycles. The SMILES string of the molecule is CCC/C(NC(=O)CCc1nc(-c2ccc(O)cn2)no1)=C(\CCc1cc(F)cc(F)c1)C(N)=O. The van der Waals surface area contributed by atoms with Crippen molar-refractivity contribution in [1.29, 1.82) is 0 Å². The minimum absolute atomic E-state index is 0.000988. The Morgan fingerprint density at radius 1 is 1.09 bits per heavy atom. The number of hydrogen-bond donors (Lipinski definition) is 3. The number of benzene rings is 1. The molecule has 4 N–H and O–H groups in total. The number of nitrogens with two attached hydrogens (primary N) is 1. The predicted molar refractivity (Wildman–Crippen MR) is 121 cm³/mol. The van der Waals surface area contributed by atoms with Gasteiger partial charge in [-0.1, -0.05) is 18.5 Å². The second-order valence-corrected chi connectivity index (χ2v) is 7.81. The molecule has 2 amide bonds. The van der Waals surface area contributed by atoms with Crippen molar-refractivity contribution in [2.24, 2.45) is 5.73 Å². The molecule has 0 saturated heterocycles. The third-order valence-electron chi connectivity index (χ3n) is 5.05. The van der Waals surface area contributed by atoms with Gasteiger partial charge in [0.2, 0.25) is 23.5 Å². The minimum atomic E-state index is -0.714. The number of aromatic nitrogens is 3. The topological polar surface area (TPSA) is 144 Å². The van der Waals surface area contributed by atoms with Crippen LogP contribution < -0.4 is 11.1 Å². The van der Waals surface area contributed by atoms with Gasteiger partial charge < -0.3 is 20.7 Å². The number of carbonyl (C=O) groups is 2. The lowest BCUT2D eigenvalue weighted by Gasteiger charge is -2.14. The van der Waals surface area contributed by atoms with Crippen LogP contribution in [0, 0.1) is 11.6 Å². The lowest BCUT2D eigenvalue weighted by molar-refractivity contribution is -0.120. The van der Waals surface area contributed by atoms with Crippen LogP contribution in [0.5, 0.6) is 5.75 Å². The summed E-state index contributed by atoms with van der Waals surface area (Å²) in [5, 5.41) is 15.9. The zero-order valence-electron chi connectivity index (χ0n) is 19.1. The highest BCUT2D eigenvalue weighted by Gasteiger charge is 2.17. The number of nitrogens with one attached hydrogen (secondary N) is 1. The molecule has 0 radical (unpaired) electrons. The van der Waals surface area contributed by atoms with Gasteiger partial charge in [0.15, 0.2) is 0 Å². The van der Waals surface area contributed by atoms with Crippen LogP contribution in [0.15, 0.2) is 52.3 Å². The molecule has 9 nitrogen and oxygen atoms in total. The molecule has 0 spiro atoms. The standard InChI is InChI=1S/C24H25F2N5O4/c1-2-3-19(18(23(27)34)6-4-14-10-15(25)12-16(26)11-14)29-21(33)8-9-22-30-24(31-35-22)20-7-5-17(32)13-28-20/h5,7,10-13,32H,2-4,6,8-9H2,1H3,(H2,27,34)(H,29,33)/b19-18-. The maximum absolute atomic E-state index is 13.5. The van der Waals surface area contributed by atoms with Crippen LogP contribution in [0.3, 0.4) is 0 Å². The molecule has 3 aromatic rings. The number of amides is 2. The second-order valence-electron chi connectivity index (χ2n) is 7.81. The van der Waals surface area contributed by atoms with Gasteiger partial charge in [-0.2, -0.15) is 4.98 Å². The maximum Gasteiger partial charge on any atom is 0.246 e. The Hall–Kier alpha value is -4.15. The van der Waals surface area contributed by atoms with Crippen molar-refractivity contribution in [1.82, 2.24) is 20.4 Å². The molecule has 0 aliphatic carbocycles. The summed E-state index contributed by atoms with van der Waals surface area (Å²) >= 11 is 0. The first kappa shape index (κ1) is 25.5. The lowest BCUT2D eigenvalue weighted by Crippen LogP contribution is -2.28. The Kier molecular flexibility index (Phi) is 8.60. The fraction of sp³-hybridized carbons (Fsp3) is 0.292. The fourth-order valence-corrected chi connectivity index (χ4v) is 3.42. The summed E-state index contributed by atoms with van der Waals surface area (Å²) in [6.07, 6.45) is 2.70. The summed E-state index contributed by atoms with van der Waals surface area (Å²) < 4.78 is 32.1. The van der Waals surface area contributed by atoms with E-state index in [4.69, 9.17) is 10.3 Å². The molecular formula is C24H25F2N5O4. The van der Waals surface area contributed by atoms with E-state index in [0.29, 0.717) is 29.8 Å². The third-order valence-corrected chi connectivity index (χ3v) is 5.05. The van der Waals surface area contributed by atoms with Crippen molar-refractivity contribution in [2.45, 2.75) is 45.4 Å². The van der Waals surface area contributed by atoms with E-state index in [2.05, 4.69) is 20.4 Å². The van der Waals surface area contributed by atoms with Gasteiger partial charge in [-0.25, -0.2) is 13.8 Å². The Balaban J connectivity index is 1.65. The quantitative estimate of drug-likeness (QED) is 0.353. The highest BCUT2D eigenvalue weighted by atomic mass is 19.1. The summed E-state index contributed by atoms with van der Waals surface area (Å²) in [4.78, 5) is 32.9. The molecule has 0 aliphatic rings. The second kappa shape index (κ2) is 11.8. The van der Waals surface area contributed by atoms with E-state index in [9.17, 15) is 23.5 Å². The first-order chi connectivity index (χ1) is 16.7. The van der Waals surface area contributed by atoms with E-state index in [1.165, 1.54) is 30.5 Å². The summed E-state index contributed by atoms with van der Waals surface area (Å²) in [5.74, 6) is -2.08. The van der Waals surface area contributed by atoms with Crippen molar-refractivity contribution in [3.05, 3.63) is 70.9 Å². The third kappa shape index (κ3) is 7.42. The van der Waals surface area contributed by atoms with Gasteiger partial charge in [0, 0.05) is 30.2 Å².